The van der Waals surface area contributed by atoms with Crippen molar-refractivity contribution in [3.8, 4) is 5.75 Å². The minimum atomic E-state index is -0.920. The molecule has 0 saturated heterocycles. The number of hydrogen-bond donors (Lipinski definition) is 2. The van der Waals surface area contributed by atoms with E-state index in [0.29, 0.717) is 17.9 Å². The average molecular weight is 267 g/mol. The van der Waals surface area contributed by atoms with Crippen molar-refractivity contribution in [2.45, 2.75) is 40.2 Å². The van der Waals surface area contributed by atoms with Crippen LogP contribution in [-0.4, -0.2) is 29.8 Å². The van der Waals surface area contributed by atoms with Gasteiger partial charge in [0.2, 0.25) is 0 Å². The molecule has 19 heavy (non-hydrogen) atoms. The maximum absolute atomic E-state index is 11.9. The highest BCUT2D eigenvalue weighted by Gasteiger charge is 2.16. The maximum Gasteiger partial charge on any atom is 0.255 e. The zero-order chi connectivity index (χ0) is 14.9. The summed E-state index contributed by atoms with van der Waals surface area (Å²) in [5, 5.41) is 12.2. The van der Waals surface area contributed by atoms with Crippen LogP contribution in [0.25, 0.3) is 0 Å². The fraction of sp³-hybridized carbons (Fsp3) is 0.533. The third-order valence-electron chi connectivity index (χ3n) is 2.11. The number of ether oxygens (including phenoxy) is 1. The lowest BCUT2D eigenvalue weighted by atomic mass is 10.1. The smallest absolute Gasteiger partial charge is 0.255 e. The lowest BCUT2D eigenvalue weighted by Gasteiger charge is -2.18. The topological polar surface area (TPSA) is 58.6 Å². The number of carbonyl (C=O) groups is 1. The van der Waals surface area contributed by atoms with Crippen LogP contribution >= 0.6 is 0 Å². The minimum Gasteiger partial charge on any atom is -0.493 e. The van der Waals surface area contributed by atoms with Crippen LogP contribution in [-0.2, 0) is 0 Å². The van der Waals surface area contributed by atoms with Gasteiger partial charge in [0.1, 0.15) is 5.75 Å². The van der Waals surface area contributed by atoms with E-state index in [1.165, 1.54) is 0 Å². The third kappa shape index (κ3) is 6.82. The van der Waals surface area contributed by atoms with Crippen LogP contribution in [0, 0.1) is 0 Å². The molecular weight excluding hydrogens is 242 g/mol. The minimum absolute atomic E-state index is 0.201. The molecule has 0 aliphatic carbocycles. The van der Waals surface area contributed by atoms with Crippen molar-refractivity contribution in [2.24, 2.45) is 0 Å². The zero-order valence-electron chi connectivity index (χ0n) is 12.5. The van der Waals surface area contributed by atoms with Gasteiger partial charge in [0, 0.05) is 6.54 Å². The number of carbonyl (C=O) groups excluding carboxylic acids is 1. The Hall–Kier alpha value is -1.55. The van der Waals surface area contributed by atoms with Gasteiger partial charge in [0.05, 0.1) is 17.8 Å². The number of aliphatic hydroxyl groups is 1. The first-order valence-corrected chi connectivity index (χ1v) is 6.66. The standard InChI is InChI=1S/C13H19NO3.C2H6/c1-4-17-11-8-6-5-7-10(11)12(15)14-9-13(2,3)16;1-2/h5-8,16H,4,9H2,1-3H3,(H,14,15);1-2H3. The van der Waals surface area contributed by atoms with Gasteiger partial charge in [-0.3, -0.25) is 4.79 Å². The van der Waals surface area contributed by atoms with Gasteiger partial charge in [0.15, 0.2) is 0 Å². The Morgan fingerprint density at radius 2 is 1.89 bits per heavy atom. The van der Waals surface area contributed by atoms with Crippen molar-refractivity contribution in [3.63, 3.8) is 0 Å². The lowest BCUT2D eigenvalue weighted by Crippen LogP contribution is -2.38. The van der Waals surface area contributed by atoms with Crippen molar-refractivity contribution in [2.75, 3.05) is 13.2 Å². The predicted molar refractivity (Wildman–Crippen MR) is 77.6 cm³/mol. The van der Waals surface area contributed by atoms with E-state index >= 15 is 0 Å². The molecule has 0 aromatic heterocycles. The van der Waals surface area contributed by atoms with E-state index in [0.717, 1.165) is 0 Å². The van der Waals surface area contributed by atoms with Gasteiger partial charge < -0.3 is 15.2 Å². The summed E-state index contributed by atoms with van der Waals surface area (Å²) in [6, 6.07) is 7.05. The SMILES string of the molecule is CC.CCOc1ccccc1C(=O)NCC(C)(C)O. The highest BCUT2D eigenvalue weighted by atomic mass is 16.5. The number of hydrogen-bond acceptors (Lipinski definition) is 3. The van der Waals surface area contributed by atoms with Crippen LogP contribution in [0.15, 0.2) is 24.3 Å². The van der Waals surface area contributed by atoms with E-state index in [2.05, 4.69) is 5.32 Å². The fourth-order valence-electron chi connectivity index (χ4n) is 1.33. The molecule has 0 atom stereocenters. The van der Waals surface area contributed by atoms with E-state index in [9.17, 15) is 9.90 Å². The van der Waals surface area contributed by atoms with E-state index in [1.807, 2.05) is 26.8 Å². The Labute approximate surface area is 115 Å². The summed E-state index contributed by atoms with van der Waals surface area (Å²) in [4.78, 5) is 11.9. The summed E-state index contributed by atoms with van der Waals surface area (Å²) in [6.45, 7) is 9.86. The van der Waals surface area contributed by atoms with Gasteiger partial charge in [-0.2, -0.15) is 0 Å². The fourth-order valence-corrected chi connectivity index (χ4v) is 1.33. The van der Waals surface area contributed by atoms with Crippen LogP contribution in [0.2, 0.25) is 0 Å². The Morgan fingerprint density at radius 1 is 1.32 bits per heavy atom. The zero-order valence-corrected chi connectivity index (χ0v) is 12.5. The van der Waals surface area contributed by atoms with Crippen molar-refractivity contribution >= 4 is 5.91 Å². The van der Waals surface area contributed by atoms with Gasteiger partial charge in [0.25, 0.3) is 5.91 Å². The highest BCUT2D eigenvalue weighted by Crippen LogP contribution is 2.17. The molecule has 0 saturated carbocycles. The molecule has 0 bridgehead atoms. The molecule has 1 aromatic rings. The largest absolute Gasteiger partial charge is 0.493 e. The van der Waals surface area contributed by atoms with Crippen LogP contribution in [0.1, 0.15) is 45.0 Å². The van der Waals surface area contributed by atoms with E-state index in [1.54, 1.807) is 32.0 Å². The summed E-state index contributed by atoms with van der Waals surface area (Å²) in [7, 11) is 0. The van der Waals surface area contributed by atoms with Gasteiger partial charge in [-0.05, 0) is 32.9 Å². The number of benzene rings is 1. The summed E-state index contributed by atoms with van der Waals surface area (Å²) in [5.41, 5.74) is -0.436. The Kier molecular flexibility index (Phi) is 7.84. The Morgan fingerprint density at radius 3 is 2.42 bits per heavy atom. The second-order valence-electron chi connectivity index (χ2n) is 4.42. The molecule has 1 aromatic carbocycles. The predicted octanol–water partition coefficient (Wildman–Crippen LogP) is 2.61. The lowest BCUT2D eigenvalue weighted by molar-refractivity contribution is 0.0692. The molecule has 1 rings (SSSR count). The van der Waals surface area contributed by atoms with Crippen molar-refractivity contribution in [3.05, 3.63) is 29.8 Å². The second kappa shape index (κ2) is 8.53. The second-order valence-corrected chi connectivity index (χ2v) is 4.42. The maximum atomic E-state index is 11.9. The van der Waals surface area contributed by atoms with Crippen LogP contribution in [0.5, 0.6) is 5.75 Å². The number of para-hydroxylation sites is 1. The normalized spacial score (nSPS) is 10.2. The van der Waals surface area contributed by atoms with Gasteiger partial charge in [-0.25, -0.2) is 0 Å². The van der Waals surface area contributed by atoms with Gasteiger partial charge in [-0.1, -0.05) is 26.0 Å². The van der Waals surface area contributed by atoms with Crippen molar-refractivity contribution in [1.82, 2.24) is 5.32 Å². The molecule has 0 fully saturated rings. The Bertz CT molecular complexity index is 383. The third-order valence-corrected chi connectivity index (χ3v) is 2.11. The molecule has 4 nitrogen and oxygen atoms in total. The number of amides is 1. The monoisotopic (exact) mass is 267 g/mol. The average Bonchev–Trinajstić information content (AvgIpc) is 2.38. The molecule has 0 spiro atoms. The van der Waals surface area contributed by atoms with Crippen molar-refractivity contribution in [1.29, 1.82) is 0 Å². The van der Waals surface area contributed by atoms with Gasteiger partial charge in [-0.15, -0.1) is 0 Å². The van der Waals surface area contributed by atoms with E-state index < -0.39 is 5.60 Å². The number of rotatable bonds is 5. The van der Waals surface area contributed by atoms with Crippen LogP contribution < -0.4 is 10.1 Å². The number of nitrogens with one attached hydrogen (secondary N) is 1. The summed E-state index contributed by atoms with van der Waals surface area (Å²) >= 11 is 0. The molecule has 108 valence electrons. The molecule has 0 unspecified atom stereocenters. The first-order chi connectivity index (χ1) is 8.94. The molecule has 2 N–H and O–H groups in total. The van der Waals surface area contributed by atoms with Crippen LogP contribution in [0.3, 0.4) is 0 Å². The molecule has 0 heterocycles. The first-order valence-electron chi connectivity index (χ1n) is 6.66. The molecule has 1 amide bonds. The van der Waals surface area contributed by atoms with Gasteiger partial charge >= 0.3 is 0 Å². The first kappa shape index (κ1) is 17.4. The molecule has 0 aliphatic heterocycles. The quantitative estimate of drug-likeness (QED) is 0.862. The van der Waals surface area contributed by atoms with E-state index in [-0.39, 0.29) is 12.5 Å². The summed E-state index contributed by atoms with van der Waals surface area (Å²) in [6.07, 6.45) is 0. The van der Waals surface area contributed by atoms with E-state index in [4.69, 9.17) is 4.74 Å². The summed E-state index contributed by atoms with van der Waals surface area (Å²) < 4.78 is 5.37. The molecule has 4 heteroatoms. The molecular formula is C15H25NO3. The van der Waals surface area contributed by atoms with Crippen molar-refractivity contribution < 1.29 is 14.6 Å². The molecule has 0 radical (unpaired) electrons. The Balaban J connectivity index is 0.00000154. The van der Waals surface area contributed by atoms with Crippen LogP contribution in [0.4, 0.5) is 0 Å². The molecule has 0 aliphatic rings. The highest BCUT2D eigenvalue weighted by molar-refractivity contribution is 5.96. The summed E-state index contributed by atoms with van der Waals surface area (Å²) in [5.74, 6) is 0.319.